The molecule has 1 heterocycles. The summed E-state index contributed by atoms with van der Waals surface area (Å²) >= 11 is 0. The van der Waals surface area contributed by atoms with Crippen LogP contribution in [0.2, 0.25) is 0 Å². The minimum atomic E-state index is -0.677. The Hall–Kier alpha value is -0.690. The summed E-state index contributed by atoms with van der Waals surface area (Å²) in [5.41, 5.74) is -0.677. The van der Waals surface area contributed by atoms with Gasteiger partial charge in [-0.3, -0.25) is 4.79 Å². The van der Waals surface area contributed by atoms with E-state index in [1.54, 1.807) is 7.11 Å². The van der Waals surface area contributed by atoms with E-state index in [4.69, 9.17) is 9.47 Å². The minimum absolute atomic E-state index is 0.0129. The van der Waals surface area contributed by atoms with Crippen LogP contribution in [0.5, 0.6) is 0 Å². The van der Waals surface area contributed by atoms with Gasteiger partial charge in [0.15, 0.2) is 0 Å². The summed E-state index contributed by atoms with van der Waals surface area (Å²) in [6, 6.07) is 0. The first kappa shape index (κ1) is 18.4. The van der Waals surface area contributed by atoms with Crippen molar-refractivity contribution in [2.45, 2.75) is 37.9 Å². The van der Waals surface area contributed by atoms with Gasteiger partial charge in [0.05, 0.1) is 6.10 Å². The van der Waals surface area contributed by atoms with E-state index in [-0.39, 0.29) is 12.0 Å². The third kappa shape index (κ3) is 5.90. The van der Waals surface area contributed by atoms with Gasteiger partial charge >= 0.3 is 0 Å². The number of hydrogen-bond acceptors (Lipinski definition) is 5. The van der Waals surface area contributed by atoms with E-state index >= 15 is 0 Å². The van der Waals surface area contributed by atoms with Crippen LogP contribution in [0.1, 0.15) is 26.2 Å². The Balaban J connectivity index is 2.47. The Bertz CT molecular complexity index is 305. The molecule has 1 rings (SSSR count). The summed E-state index contributed by atoms with van der Waals surface area (Å²) in [7, 11) is 5.70. The Labute approximate surface area is 128 Å². The molecule has 1 atom stereocenters. The first-order valence-corrected chi connectivity index (χ1v) is 7.84. The van der Waals surface area contributed by atoms with E-state index < -0.39 is 5.60 Å². The number of nitrogens with one attached hydrogen (secondary N) is 2. The largest absolute Gasteiger partial charge is 0.377 e. The van der Waals surface area contributed by atoms with E-state index in [9.17, 15) is 4.79 Å². The molecule has 0 aliphatic carbocycles. The first-order chi connectivity index (χ1) is 10.0. The molecule has 2 N–H and O–H groups in total. The fraction of sp³-hybridized carbons (Fsp3) is 0.933. The van der Waals surface area contributed by atoms with Crippen molar-refractivity contribution >= 4 is 5.91 Å². The predicted molar refractivity (Wildman–Crippen MR) is 83.4 cm³/mol. The normalized spacial score (nSPS) is 19.5. The van der Waals surface area contributed by atoms with Gasteiger partial charge in [-0.15, -0.1) is 0 Å². The number of hydrogen-bond donors (Lipinski definition) is 2. The fourth-order valence-corrected chi connectivity index (χ4v) is 2.60. The maximum absolute atomic E-state index is 12.5. The van der Waals surface area contributed by atoms with Crippen LogP contribution in [0, 0.1) is 0 Å². The molecule has 1 fully saturated rings. The molecular formula is C15H31N3O3. The lowest BCUT2D eigenvalue weighted by Gasteiger charge is -2.35. The van der Waals surface area contributed by atoms with Crippen LogP contribution in [-0.4, -0.2) is 76.5 Å². The average Bonchev–Trinajstić information content (AvgIpc) is 2.50. The molecule has 0 aromatic rings. The quantitative estimate of drug-likeness (QED) is 0.638. The second-order valence-electron chi connectivity index (χ2n) is 5.83. The van der Waals surface area contributed by atoms with Crippen molar-refractivity contribution in [3.63, 3.8) is 0 Å². The summed E-state index contributed by atoms with van der Waals surface area (Å²) in [4.78, 5) is 14.6. The molecule has 1 aliphatic rings. The molecule has 0 saturated carbocycles. The van der Waals surface area contributed by atoms with Crippen LogP contribution >= 0.6 is 0 Å². The highest BCUT2D eigenvalue weighted by Gasteiger charge is 2.39. The topological polar surface area (TPSA) is 62.8 Å². The van der Waals surface area contributed by atoms with Crippen LogP contribution in [0.15, 0.2) is 0 Å². The Morgan fingerprint density at radius 2 is 2.05 bits per heavy atom. The number of amides is 1. The number of ether oxygens (including phenoxy) is 2. The van der Waals surface area contributed by atoms with Crippen molar-refractivity contribution in [3.05, 3.63) is 0 Å². The van der Waals surface area contributed by atoms with E-state index in [0.29, 0.717) is 26.0 Å². The summed E-state index contributed by atoms with van der Waals surface area (Å²) in [5.74, 6) is -0.0129. The van der Waals surface area contributed by atoms with Gasteiger partial charge in [0.1, 0.15) is 5.60 Å². The molecule has 6 heteroatoms. The van der Waals surface area contributed by atoms with Gasteiger partial charge in [0.25, 0.3) is 5.91 Å². The molecule has 1 saturated heterocycles. The zero-order valence-corrected chi connectivity index (χ0v) is 13.9. The fourth-order valence-electron chi connectivity index (χ4n) is 2.60. The van der Waals surface area contributed by atoms with Gasteiger partial charge in [0, 0.05) is 26.8 Å². The highest BCUT2D eigenvalue weighted by atomic mass is 16.5. The third-order valence-electron chi connectivity index (χ3n) is 4.01. The number of carbonyl (C=O) groups excluding carboxylic acids is 1. The predicted octanol–water partition coefficient (Wildman–Crippen LogP) is 0.228. The van der Waals surface area contributed by atoms with Crippen molar-refractivity contribution in [1.29, 1.82) is 0 Å². The summed E-state index contributed by atoms with van der Waals surface area (Å²) in [6.07, 6.45) is 2.39. The maximum Gasteiger partial charge on any atom is 0.252 e. The SMILES string of the molecule is CCOC(CCN(C)C)CNC(=O)C1(OC)CCNCC1. The van der Waals surface area contributed by atoms with Crippen LogP contribution in [0.4, 0.5) is 0 Å². The van der Waals surface area contributed by atoms with Crippen LogP contribution in [0.25, 0.3) is 0 Å². The van der Waals surface area contributed by atoms with E-state index in [1.165, 1.54) is 0 Å². The second-order valence-corrected chi connectivity index (χ2v) is 5.83. The van der Waals surface area contributed by atoms with Crippen molar-refractivity contribution in [2.24, 2.45) is 0 Å². The first-order valence-electron chi connectivity index (χ1n) is 7.84. The molecule has 6 nitrogen and oxygen atoms in total. The highest BCUT2D eigenvalue weighted by molar-refractivity contribution is 5.85. The lowest BCUT2D eigenvalue weighted by molar-refractivity contribution is -0.147. The number of nitrogens with zero attached hydrogens (tertiary/aromatic N) is 1. The van der Waals surface area contributed by atoms with Gasteiger partial charge in [-0.05, 0) is 53.4 Å². The molecule has 21 heavy (non-hydrogen) atoms. The Morgan fingerprint density at radius 3 is 2.57 bits per heavy atom. The molecule has 0 aromatic carbocycles. The van der Waals surface area contributed by atoms with Crippen molar-refractivity contribution < 1.29 is 14.3 Å². The Kier molecular flexibility index (Phi) is 8.18. The standard InChI is InChI=1S/C15H31N3O3/c1-5-21-13(6-11-18(2)3)12-17-14(19)15(20-4)7-9-16-10-8-15/h13,16H,5-12H2,1-4H3,(H,17,19). The molecule has 1 unspecified atom stereocenters. The summed E-state index contributed by atoms with van der Waals surface area (Å²) < 4.78 is 11.2. The molecule has 0 bridgehead atoms. The molecular weight excluding hydrogens is 270 g/mol. The van der Waals surface area contributed by atoms with E-state index in [2.05, 4.69) is 15.5 Å². The molecule has 0 spiro atoms. The number of rotatable bonds is 9. The van der Waals surface area contributed by atoms with Gasteiger partial charge in [0.2, 0.25) is 0 Å². The zero-order chi connectivity index (χ0) is 15.7. The number of methoxy groups -OCH3 is 1. The summed E-state index contributed by atoms with van der Waals surface area (Å²) in [5, 5.41) is 6.27. The molecule has 1 aliphatic heterocycles. The average molecular weight is 301 g/mol. The number of piperidine rings is 1. The highest BCUT2D eigenvalue weighted by Crippen LogP contribution is 2.22. The summed E-state index contributed by atoms with van der Waals surface area (Å²) in [6.45, 7) is 5.76. The van der Waals surface area contributed by atoms with Gasteiger partial charge in [-0.25, -0.2) is 0 Å². The van der Waals surface area contributed by atoms with Crippen molar-refractivity contribution in [1.82, 2.24) is 15.5 Å². The lowest BCUT2D eigenvalue weighted by atomic mass is 9.91. The minimum Gasteiger partial charge on any atom is -0.377 e. The van der Waals surface area contributed by atoms with E-state index in [1.807, 2.05) is 21.0 Å². The second kappa shape index (κ2) is 9.35. The van der Waals surface area contributed by atoms with Crippen molar-refractivity contribution in [3.8, 4) is 0 Å². The molecule has 1 amide bonds. The van der Waals surface area contributed by atoms with Gasteiger partial charge in [-0.1, -0.05) is 0 Å². The third-order valence-corrected chi connectivity index (χ3v) is 4.01. The van der Waals surface area contributed by atoms with Crippen LogP contribution in [-0.2, 0) is 14.3 Å². The van der Waals surface area contributed by atoms with Crippen LogP contribution < -0.4 is 10.6 Å². The number of carbonyl (C=O) groups is 1. The zero-order valence-electron chi connectivity index (χ0n) is 13.9. The van der Waals surface area contributed by atoms with Crippen molar-refractivity contribution in [2.75, 3.05) is 54.0 Å². The van der Waals surface area contributed by atoms with E-state index in [0.717, 1.165) is 26.1 Å². The Morgan fingerprint density at radius 1 is 1.38 bits per heavy atom. The lowest BCUT2D eigenvalue weighted by Crippen LogP contribution is -2.55. The maximum atomic E-state index is 12.5. The molecule has 124 valence electrons. The van der Waals surface area contributed by atoms with Gasteiger partial charge < -0.3 is 25.0 Å². The van der Waals surface area contributed by atoms with Crippen LogP contribution in [0.3, 0.4) is 0 Å². The smallest absolute Gasteiger partial charge is 0.252 e. The van der Waals surface area contributed by atoms with Gasteiger partial charge in [-0.2, -0.15) is 0 Å². The monoisotopic (exact) mass is 301 g/mol. The molecule has 0 aromatic heterocycles. The molecule has 0 radical (unpaired) electrons.